The Labute approximate surface area is 122 Å². The summed E-state index contributed by atoms with van der Waals surface area (Å²) in [6, 6.07) is 10.7. The van der Waals surface area contributed by atoms with Crippen LogP contribution in [0.4, 0.5) is 0 Å². The molecule has 6 nitrogen and oxygen atoms in total. The number of aryl methyl sites for hydroxylation is 2. The van der Waals surface area contributed by atoms with Crippen molar-refractivity contribution in [1.29, 1.82) is 0 Å². The minimum absolute atomic E-state index is 0.352. The molecule has 106 valence electrons. The summed E-state index contributed by atoms with van der Waals surface area (Å²) in [6.07, 6.45) is 3.15. The van der Waals surface area contributed by atoms with Gasteiger partial charge in [0, 0.05) is 22.4 Å². The van der Waals surface area contributed by atoms with E-state index in [0.717, 1.165) is 17.7 Å². The average molecular weight is 282 g/mol. The second-order valence-corrected chi connectivity index (χ2v) is 4.34. The fourth-order valence-electron chi connectivity index (χ4n) is 2.01. The molecule has 0 aliphatic carbocycles. The number of ether oxygens (including phenoxy) is 1. The van der Waals surface area contributed by atoms with E-state index in [2.05, 4.69) is 15.0 Å². The molecule has 0 radical (unpaired) electrons. The van der Waals surface area contributed by atoms with Crippen molar-refractivity contribution in [1.82, 2.24) is 4.98 Å². The van der Waals surface area contributed by atoms with Gasteiger partial charge in [-0.2, -0.15) is 0 Å². The molecule has 1 aromatic carbocycles. The number of carbonyl (C=O) groups excluding carboxylic acids is 1. The lowest BCUT2D eigenvalue weighted by Gasteiger charge is -2.09. The number of benzene rings is 1. The number of nitrogens with zero attached hydrogens (tertiary/aromatic N) is 4. The van der Waals surface area contributed by atoms with Gasteiger partial charge >= 0.3 is 0 Å². The second kappa shape index (κ2) is 7.07. The molecule has 1 heterocycles. The maximum atomic E-state index is 11.6. The van der Waals surface area contributed by atoms with Crippen LogP contribution in [0.2, 0.25) is 0 Å². The molecule has 0 saturated heterocycles. The van der Waals surface area contributed by atoms with Gasteiger partial charge in [-0.3, -0.25) is 9.78 Å². The molecule has 6 heteroatoms. The van der Waals surface area contributed by atoms with Crippen molar-refractivity contribution >= 4 is 5.91 Å². The van der Waals surface area contributed by atoms with E-state index in [1.54, 1.807) is 31.5 Å². The number of hydrogen-bond acceptors (Lipinski definition) is 3. The minimum Gasteiger partial charge on any atom is -0.496 e. The summed E-state index contributed by atoms with van der Waals surface area (Å²) in [5, 5.41) is 3.10. The van der Waals surface area contributed by atoms with Crippen LogP contribution in [0.25, 0.3) is 10.4 Å². The van der Waals surface area contributed by atoms with Crippen LogP contribution in [0, 0.1) is 0 Å². The van der Waals surface area contributed by atoms with Crippen LogP contribution in [-0.4, -0.2) is 18.0 Å². The van der Waals surface area contributed by atoms with Crippen molar-refractivity contribution < 1.29 is 9.53 Å². The van der Waals surface area contributed by atoms with Gasteiger partial charge in [0.2, 0.25) is 5.91 Å². The molecule has 0 aliphatic heterocycles. The maximum absolute atomic E-state index is 11.6. The summed E-state index contributed by atoms with van der Waals surface area (Å²) in [5.41, 5.74) is 10.5. The number of carbonyl (C=O) groups is 1. The first kappa shape index (κ1) is 14.6. The first-order valence-electron chi connectivity index (χ1n) is 6.41. The van der Waals surface area contributed by atoms with E-state index in [4.69, 9.17) is 10.3 Å². The zero-order chi connectivity index (χ0) is 15.1. The highest BCUT2D eigenvalue weighted by atomic mass is 16.5. The quantitative estimate of drug-likeness (QED) is 0.478. The van der Waals surface area contributed by atoms with Crippen molar-refractivity contribution in [2.75, 3.05) is 7.11 Å². The molecule has 0 bridgehead atoms. The Bertz CT molecular complexity index is 679. The van der Waals surface area contributed by atoms with Crippen molar-refractivity contribution in [3.8, 4) is 5.75 Å². The SMILES string of the molecule is COc1ccc(C(=O)N=[N+]=[N-])cc1CCc1ccccn1. The van der Waals surface area contributed by atoms with Crippen LogP contribution in [0.1, 0.15) is 21.6 Å². The molecule has 1 amide bonds. The molecule has 2 aromatic rings. The Balaban J connectivity index is 2.21. The number of hydrogen-bond donors (Lipinski definition) is 0. The third-order valence-corrected chi connectivity index (χ3v) is 3.04. The third-order valence-electron chi connectivity index (χ3n) is 3.04. The molecule has 0 N–H and O–H groups in total. The zero-order valence-electron chi connectivity index (χ0n) is 11.6. The van der Waals surface area contributed by atoms with Gasteiger partial charge in [-0.05, 0) is 59.4 Å². The molecule has 0 atom stereocenters. The molecule has 0 spiro atoms. The van der Waals surface area contributed by atoms with Gasteiger partial charge < -0.3 is 4.74 Å². The van der Waals surface area contributed by atoms with E-state index in [1.807, 2.05) is 18.2 Å². The summed E-state index contributed by atoms with van der Waals surface area (Å²) in [6.45, 7) is 0. The van der Waals surface area contributed by atoms with Gasteiger partial charge in [0.1, 0.15) is 5.75 Å². The Hall–Kier alpha value is -2.85. The minimum atomic E-state index is -0.598. The van der Waals surface area contributed by atoms with Crippen LogP contribution >= 0.6 is 0 Å². The molecule has 2 rings (SSSR count). The highest BCUT2D eigenvalue weighted by molar-refractivity contribution is 5.95. The molecular weight excluding hydrogens is 268 g/mol. The van der Waals surface area contributed by atoms with Crippen molar-refractivity contribution in [3.05, 3.63) is 69.9 Å². The Kier molecular flexibility index (Phi) is 4.90. The molecule has 0 unspecified atom stereocenters. The van der Waals surface area contributed by atoms with Crippen LogP contribution in [0.3, 0.4) is 0 Å². The lowest BCUT2D eigenvalue weighted by atomic mass is 10.0. The summed E-state index contributed by atoms with van der Waals surface area (Å²) in [5.74, 6) is 0.0997. The molecular formula is C15H14N4O2. The predicted octanol–water partition coefficient (Wildman–Crippen LogP) is 3.33. The van der Waals surface area contributed by atoms with E-state index in [-0.39, 0.29) is 0 Å². The van der Waals surface area contributed by atoms with Crippen LogP contribution in [-0.2, 0) is 12.8 Å². The Morgan fingerprint density at radius 3 is 2.86 bits per heavy atom. The number of pyridine rings is 1. The van der Waals surface area contributed by atoms with Gasteiger partial charge in [0.05, 0.1) is 7.11 Å². The summed E-state index contributed by atoms with van der Waals surface area (Å²) in [4.78, 5) is 18.4. The summed E-state index contributed by atoms with van der Waals surface area (Å²) >= 11 is 0. The largest absolute Gasteiger partial charge is 0.496 e. The smallest absolute Gasteiger partial charge is 0.249 e. The predicted molar refractivity (Wildman–Crippen MR) is 78.1 cm³/mol. The molecule has 1 aromatic heterocycles. The highest BCUT2D eigenvalue weighted by Crippen LogP contribution is 2.22. The Morgan fingerprint density at radius 1 is 1.33 bits per heavy atom. The van der Waals surface area contributed by atoms with Crippen LogP contribution in [0.5, 0.6) is 5.75 Å². The topological polar surface area (TPSA) is 88.0 Å². The normalized spacial score (nSPS) is 9.76. The lowest BCUT2D eigenvalue weighted by Crippen LogP contribution is -2.01. The lowest BCUT2D eigenvalue weighted by molar-refractivity contribution is 0.1000. The Morgan fingerprint density at radius 2 is 2.19 bits per heavy atom. The van der Waals surface area contributed by atoms with Crippen molar-refractivity contribution in [2.24, 2.45) is 5.11 Å². The first-order valence-corrected chi connectivity index (χ1v) is 6.41. The van der Waals surface area contributed by atoms with E-state index >= 15 is 0 Å². The molecule has 0 fully saturated rings. The van der Waals surface area contributed by atoms with Crippen LogP contribution < -0.4 is 4.74 Å². The van der Waals surface area contributed by atoms with E-state index in [1.165, 1.54) is 0 Å². The monoisotopic (exact) mass is 282 g/mol. The number of rotatable bonds is 5. The van der Waals surface area contributed by atoms with E-state index in [9.17, 15) is 4.79 Å². The second-order valence-electron chi connectivity index (χ2n) is 4.34. The van der Waals surface area contributed by atoms with Gasteiger partial charge in [0.25, 0.3) is 0 Å². The number of amides is 1. The standard InChI is InChI=1S/C15H14N4O2/c1-21-14-8-6-12(15(20)18-19-16)10-11(14)5-7-13-4-2-3-9-17-13/h2-4,6,8-10H,5,7H2,1H3. The number of methoxy groups -OCH3 is 1. The molecule has 0 aliphatic rings. The van der Waals surface area contributed by atoms with Crippen molar-refractivity contribution in [2.45, 2.75) is 12.8 Å². The van der Waals surface area contributed by atoms with Gasteiger partial charge in [-0.15, -0.1) is 0 Å². The molecule has 21 heavy (non-hydrogen) atoms. The van der Waals surface area contributed by atoms with Gasteiger partial charge in [-0.25, -0.2) is 0 Å². The van der Waals surface area contributed by atoms with E-state index in [0.29, 0.717) is 17.7 Å². The fraction of sp³-hybridized carbons (Fsp3) is 0.200. The fourth-order valence-corrected chi connectivity index (χ4v) is 2.01. The number of azide groups is 1. The maximum Gasteiger partial charge on any atom is 0.249 e. The first-order chi connectivity index (χ1) is 10.2. The highest BCUT2D eigenvalue weighted by Gasteiger charge is 2.09. The number of aromatic nitrogens is 1. The third kappa shape index (κ3) is 3.81. The average Bonchev–Trinajstić information content (AvgIpc) is 2.54. The van der Waals surface area contributed by atoms with Crippen LogP contribution in [0.15, 0.2) is 47.7 Å². The van der Waals surface area contributed by atoms with Gasteiger partial charge in [-0.1, -0.05) is 6.07 Å². The summed E-state index contributed by atoms with van der Waals surface area (Å²) < 4.78 is 5.29. The van der Waals surface area contributed by atoms with Gasteiger partial charge in [0.15, 0.2) is 0 Å². The summed E-state index contributed by atoms with van der Waals surface area (Å²) in [7, 11) is 1.58. The molecule has 0 saturated carbocycles. The van der Waals surface area contributed by atoms with E-state index < -0.39 is 5.91 Å². The zero-order valence-corrected chi connectivity index (χ0v) is 11.6. The van der Waals surface area contributed by atoms with Crippen molar-refractivity contribution in [3.63, 3.8) is 0 Å².